The molecule has 0 spiro atoms. The molecule has 0 saturated carbocycles. The summed E-state index contributed by atoms with van der Waals surface area (Å²) in [6.07, 6.45) is 4.04. The van der Waals surface area contributed by atoms with Crippen molar-refractivity contribution in [2.45, 2.75) is 31.8 Å². The molecule has 2 aliphatic rings. The summed E-state index contributed by atoms with van der Waals surface area (Å²) < 4.78 is 1.14. The van der Waals surface area contributed by atoms with E-state index in [0.29, 0.717) is 6.54 Å². The lowest BCUT2D eigenvalue weighted by atomic mass is 10.1. The van der Waals surface area contributed by atoms with Crippen LogP contribution in [0.2, 0.25) is 0 Å². The Hall–Kier alpha value is -0.580. The lowest BCUT2D eigenvalue weighted by Gasteiger charge is -2.26. The van der Waals surface area contributed by atoms with E-state index >= 15 is 0 Å². The molecule has 0 radical (unpaired) electrons. The van der Waals surface area contributed by atoms with Crippen molar-refractivity contribution in [3.63, 3.8) is 0 Å². The zero-order chi connectivity index (χ0) is 13.2. The van der Waals surface area contributed by atoms with E-state index in [1.54, 1.807) is 0 Å². The predicted molar refractivity (Wildman–Crippen MR) is 83.5 cm³/mol. The van der Waals surface area contributed by atoms with E-state index in [1.807, 2.05) is 0 Å². The number of hydrogen-bond donors (Lipinski definition) is 1. The molecule has 2 fully saturated rings. The van der Waals surface area contributed by atoms with Gasteiger partial charge in [-0.3, -0.25) is 4.90 Å². The van der Waals surface area contributed by atoms with Crippen molar-refractivity contribution in [3.05, 3.63) is 28.2 Å². The van der Waals surface area contributed by atoms with E-state index in [2.05, 4.69) is 43.9 Å². The lowest BCUT2D eigenvalue weighted by Crippen LogP contribution is -2.35. The third-order valence-electron chi connectivity index (χ3n) is 4.46. The van der Waals surface area contributed by atoms with Gasteiger partial charge in [0.25, 0.3) is 0 Å². The summed E-state index contributed by atoms with van der Waals surface area (Å²) in [5.41, 5.74) is 8.47. The molecular weight excluding hydrogens is 302 g/mol. The van der Waals surface area contributed by atoms with Crippen molar-refractivity contribution in [1.29, 1.82) is 0 Å². The molecular formula is C15H22BrN3. The SMILES string of the molecule is NCc1c(Br)cccc1N1CCC(N2CCCC2)C1. The van der Waals surface area contributed by atoms with Gasteiger partial charge in [0.15, 0.2) is 0 Å². The predicted octanol–water partition coefficient (Wildman–Crippen LogP) is 2.58. The molecule has 1 aromatic rings. The van der Waals surface area contributed by atoms with Crippen LogP contribution < -0.4 is 10.6 Å². The molecule has 0 amide bonds. The third-order valence-corrected chi connectivity index (χ3v) is 5.20. The van der Waals surface area contributed by atoms with Crippen LogP contribution in [0.15, 0.2) is 22.7 Å². The molecule has 0 aliphatic carbocycles. The molecule has 19 heavy (non-hydrogen) atoms. The molecule has 2 N–H and O–H groups in total. The van der Waals surface area contributed by atoms with Crippen LogP contribution in [0.3, 0.4) is 0 Å². The van der Waals surface area contributed by atoms with Crippen LogP contribution in [0.1, 0.15) is 24.8 Å². The van der Waals surface area contributed by atoms with E-state index in [1.165, 1.54) is 43.6 Å². The van der Waals surface area contributed by atoms with E-state index in [0.717, 1.165) is 23.6 Å². The van der Waals surface area contributed by atoms with Gasteiger partial charge in [-0.1, -0.05) is 22.0 Å². The second-order valence-electron chi connectivity index (χ2n) is 5.57. The van der Waals surface area contributed by atoms with Gasteiger partial charge in [0.1, 0.15) is 0 Å². The molecule has 3 nitrogen and oxygen atoms in total. The fourth-order valence-electron chi connectivity index (χ4n) is 3.41. The van der Waals surface area contributed by atoms with Crippen molar-refractivity contribution in [3.8, 4) is 0 Å². The smallest absolute Gasteiger partial charge is 0.0423 e. The first-order chi connectivity index (χ1) is 9.29. The van der Waals surface area contributed by atoms with Gasteiger partial charge in [-0.2, -0.15) is 0 Å². The fraction of sp³-hybridized carbons (Fsp3) is 0.600. The molecule has 2 saturated heterocycles. The molecule has 3 rings (SSSR count). The molecule has 2 heterocycles. The summed E-state index contributed by atoms with van der Waals surface area (Å²) in [5, 5.41) is 0. The fourth-order valence-corrected chi connectivity index (χ4v) is 3.93. The summed E-state index contributed by atoms with van der Waals surface area (Å²) in [4.78, 5) is 5.18. The second kappa shape index (κ2) is 5.81. The standard InChI is InChI=1S/C15H22BrN3/c16-14-4-3-5-15(13(14)10-17)19-9-6-12(11-19)18-7-1-2-8-18/h3-5,12H,1-2,6-11,17H2. The maximum atomic E-state index is 5.91. The van der Waals surface area contributed by atoms with Crippen LogP contribution in [0.25, 0.3) is 0 Å². The third kappa shape index (κ3) is 2.67. The molecule has 4 heteroatoms. The molecule has 0 bridgehead atoms. The largest absolute Gasteiger partial charge is 0.370 e. The van der Waals surface area contributed by atoms with Gasteiger partial charge >= 0.3 is 0 Å². The Kier molecular flexibility index (Phi) is 4.10. The van der Waals surface area contributed by atoms with E-state index < -0.39 is 0 Å². The first-order valence-electron chi connectivity index (χ1n) is 7.26. The highest BCUT2D eigenvalue weighted by Gasteiger charge is 2.30. The maximum absolute atomic E-state index is 5.91. The van der Waals surface area contributed by atoms with Crippen molar-refractivity contribution in [2.75, 3.05) is 31.1 Å². The number of nitrogens with two attached hydrogens (primary N) is 1. The minimum atomic E-state index is 0.599. The molecule has 1 atom stereocenters. The Balaban J connectivity index is 1.75. The van der Waals surface area contributed by atoms with Crippen molar-refractivity contribution in [1.82, 2.24) is 4.90 Å². The zero-order valence-corrected chi connectivity index (χ0v) is 12.9. The molecule has 0 aromatic heterocycles. The summed E-state index contributed by atoms with van der Waals surface area (Å²) in [5.74, 6) is 0. The van der Waals surface area contributed by atoms with Crippen LogP contribution in [0, 0.1) is 0 Å². The highest BCUT2D eigenvalue weighted by molar-refractivity contribution is 9.10. The zero-order valence-electron chi connectivity index (χ0n) is 11.3. The van der Waals surface area contributed by atoms with Gasteiger partial charge in [0.2, 0.25) is 0 Å². The topological polar surface area (TPSA) is 32.5 Å². The van der Waals surface area contributed by atoms with Crippen LogP contribution in [0.5, 0.6) is 0 Å². The van der Waals surface area contributed by atoms with Crippen molar-refractivity contribution < 1.29 is 0 Å². The number of hydrogen-bond acceptors (Lipinski definition) is 3. The molecule has 1 unspecified atom stereocenters. The van der Waals surface area contributed by atoms with Crippen molar-refractivity contribution >= 4 is 21.6 Å². The van der Waals surface area contributed by atoms with Gasteiger partial charge in [0.05, 0.1) is 0 Å². The minimum absolute atomic E-state index is 0.599. The Morgan fingerprint density at radius 2 is 2.00 bits per heavy atom. The summed E-state index contributed by atoms with van der Waals surface area (Å²) >= 11 is 3.62. The average Bonchev–Trinajstić information content (AvgIpc) is 3.09. The molecule has 1 aromatic carbocycles. The van der Waals surface area contributed by atoms with Crippen LogP contribution in [-0.2, 0) is 6.54 Å². The highest BCUT2D eigenvalue weighted by Crippen LogP contribution is 2.31. The van der Waals surface area contributed by atoms with Crippen LogP contribution in [-0.4, -0.2) is 37.1 Å². The number of anilines is 1. The van der Waals surface area contributed by atoms with Gasteiger partial charge in [-0.05, 0) is 44.5 Å². The van der Waals surface area contributed by atoms with Gasteiger partial charge in [0, 0.05) is 41.4 Å². The number of halogens is 1. The van der Waals surface area contributed by atoms with Gasteiger partial charge < -0.3 is 10.6 Å². The quantitative estimate of drug-likeness (QED) is 0.928. The number of rotatable bonds is 3. The number of nitrogens with zero attached hydrogens (tertiary/aromatic N) is 2. The minimum Gasteiger partial charge on any atom is -0.370 e. The lowest BCUT2D eigenvalue weighted by molar-refractivity contribution is 0.260. The van der Waals surface area contributed by atoms with Gasteiger partial charge in [-0.15, -0.1) is 0 Å². The Morgan fingerprint density at radius 3 is 2.74 bits per heavy atom. The Bertz CT molecular complexity index is 443. The van der Waals surface area contributed by atoms with E-state index in [-0.39, 0.29) is 0 Å². The molecule has 104 valence electrons. The molecule has 2 aliphatic heterocycles. The summed E-state index contributed by atoms with van der Waals surface area (Å²) in [7, 11) is 0. The average molecular weight is 324 g/mol. The maximum Gasteiger partial charge on any atom is 0.0423 e. The van der Waals surface area contributed by atoms with Crippen LogP contribution in [0.4, 0.5) is 5.69 Å². The van der Waals surface area contributed by atoms with Crippen molar-refractivity contribution in [2.24, 2.45) is 5.73 Å². The first kappa shape index (κ1) is 13.4. The summed E-state index contributed by atoms with van der Waals surface area (Å²) in [6, 6.07) is 7.15. The van der Waals surface area contributed by atoms with Crippen LogP contribution >= 0.6 is 15.9 Å². The number of likely N-dealkylation sites (tertiary alicyclic amines) is 1. The Morgan fingerprint density at radius 1 is 1.21 bits per heavy atom. The van der Waals surface area contributed by atoms with E-state index in [9.17, 15) is 0 Å². The summed E-state index contributed by atoms with van der Waals surface area (Å²) in [6.45, 7) is 5.50. The highest BCUT2D eigenvalue weighted by atomic mass is 79.9. The normalized spacial score (nSPS) is 24.3. The Labute approximate surface area is 123 Å². The second-order valence-corrected chi connectivity index (χ2v) is 6.43. The van der Waals surface area contributed by atoms with E-state index in [4.69, 9.17) is 5.73 Å². The first-order valence-corrected chi connectivity index (χ1v) is 8.05. The van der Waals surface area contributed by atoms with Gasteiger partial charge in [-0.25, -0.2) is 0 Å². The monoisotopic (exact) mass is 323 g/mol. The number of benzene rings is 1.